The molecule has 0 heterocycles. The van der Waals surface area contributed by atoms with Crippen molar-refractivity contribution in [1.29, 1.82) is 0 Å². The molecular weight excluding hydrogens is 294 g/mol. The number of amides is 1. The highest BCUT2D eigenvalue weighted by atomic mass is 16.1. The topological polar surface area (TPSA) is 43.1 Å². The van der Waals surface area contributed by atoms with Crippen molar-refractivity contribution in [3.63, 3.8) is 0 Å². The van der Waals surface area contributed by atoms with E-state index in [1.807, 2.05) is 0 Å². The third kappa shape index (κ3) is 10.5. The predicted molar refractivity (Wildman–Crippen MR) is 107 cm³/mol. The molecule has 138 valence electrons. The van der Waals surface area contributed by atoms with E-state index < -0.39 is 0 Å². The Bertz CT molecular complexity index is 389. The highest BCUT2D eigenvalue weighted by molar-refractivity contribution is 5.80. The molecule has 1 amide bonds. The van der Waals surface area contributed by atoms with Crippen LogP contribution in [0, 0.1) is 5.41 Å². The van der Waals surface area contributed by atoms with Gasteiger partial charge in [0.05, 0.1) is 0 Å². The lowest BCUT2D eigenvalue weighted by Gasteiger charge is -2.27. The molecule has 0 unspecified atom stereocenters. The van der Waals surface area contributed by atoms with E-state index in [0.29, 0.717) is 0 Å². The first-order valence-corrected chi connectivity index (χ1v) is 9.87. The van der Waals surface area contributed by atoms with Gasteiger partial charge in [0.15, 0.2) is 0 Å². The number of rotatable bonds is 15. The molecule has 0 saturated carbocycles. The van der Waals surface area contributed by atoms with Crippen molar-refractivity contribution in [3.05, 3.63) is 36.5 Å². The lowest BCUT2D eigenvalue weighted by Crippen LogP contribution is -2.36. The number of primary amides is 1. The van der Waals surface area contributed by atoms with E-state index in [0.717, 1.165) is 51.4 Å². The van der Waals surface area contributed by atoms with Crippen LogP contribution in [0.1, 0.15) is 91.4 Å². The van der Waals surface area contributed by atoms with Gasteiger partial charge in [-0.3, -0.25) is 4.79 Å². The van der Waals surface area contributed by atoms with E-state index in [4.69, 9.17) is 5.73 Å². The third-order valence-electron chi connectivity index (χ3n) is 4.93. The van der Waals surface area contributed by atoms with Gasteiger partial charge in [0.25, 0.3) is 0 Å². The summed E-state index contributed by atoms with van der Waals surface area (Å²) in [5.74, 6) is -0.117. The fourth-order valence-corrected chi connectivity index (χ4v) is 2.98. The van der Waals surface area contributed by atoms with Gasteiger partial charge >= 0.3 is 0 Å². The number of allylic oxidation sites excluding steroid dienone is 6. The van der Waals surface area contributed by atoms with Gasteiger partial charge in [-0.15, -0.1) is 0 Å². The normalized spacial score (nSPS) is 12.8. The molecule has 0 aliphatic rings. The molecule has 0 atom stereocenters. The average molecular weight is 334 g/mol. The molecule has 0 saturated heterocycles. The van der Waals surface area contributed by atoms with Crippen LogP contribution < -0.4 is 5.73 Å². The van der Waals surface area contributed by atoms with Gasteiger partial charge in [-0.05, 0) is 51.4 Å². The first kappa shape index (κ1) is 22.7. The molecule has 24 heavy (non-hydrogen) atoms. The van der Waals surface area contributed by atoms with Gasteiger partial charge in [-0.1, -0.05) is 76.5 Å². The van der Waals surface area contributed by atoms with Crippen molar-refractivity contribution in [2.45, 2.75) is 91.4 Å². The molecule has 0 radical (unpaired) electrons. The number of carbonyl (C=O) groups excluding carboxylic acids is 1. The van der Waals surface area contributed by atoms with Gasteiger partial charge in [0.1, 0.15) is 0 Å². The standard InChI is InChI=1S/C22H39NO/c1-4-7-8-9-10-11-12-13-14-15-16-17-18-19-20-22(5-2,6-3)21(23)24/h7-8,10-11,13-14H,4-6,9,12,15-20H2,1-3H3,(H2,23,24)/b8-7-,11-10-,14-13-. The average Bonchev–Trinajstić information content (AvgIpc) is 2.58. The van der Waals surface area contributed by atoms with Crippen LogP contribution in [0.2, 0.25) is 0 Å². The van der Waals surface area contributed by atoms with E-state index in [1.165, 1.54) is 19.3 Å². The molecule has 0 rings (SSSR count). The minimum atomic E-state index is -0.265. The highest BCUT2D eigenvalue weighted by Crippen LogP contribution is 2.32. The van der Waals surface area contributed by atoms with Crippen LogP contribution >= 0.6 is 0 Å². The molecule has 0 aromatic heterocycles. The maximum Gasteiger partial charge on any atom is 0.223 e. The minimum Gasteiger partial charge on any atom is -0.369 e. The second-order valence-electron chi connectivity index (χ2n) is 6.60. The van der Waals surface area contributed by atoms with E-state index in [2.05, 4.69) is 57.2 Å². The second kappa shape index (κ2) is 15.2. The van der Waals surface area contributed by atoms with Gasteiger partial charge < -0.3 is 5.73 Å². The smallest absolute Gasteiger partial charge is 0.223 e. The molecule has 0 aromatic carbocycles. The molecule has 2 heteroatoms. The molecule has 2 N–H and O–H groups in total. The summed E-state index contributed by atoms with van der Waals surface area (Å²) in [5, 5.41) is 0. The number of unbranched alkanes of at least 4 members (excludes halogenated alkanes) is 4. The van der Waals surface area contributed by atoms with Crippen molar-refractivity contribution in [1.82, 2.24) is 0 Å². The van der Waals surface area contributed by atoms with E-state index in [9.17, 15) is 4.79 Å². The number of hydrogen-bond acceptors (Lipinski definition) is 1. The minimum absolute atomic E-state index is 0.117. The van der Waals surface area contributed by atoms with Crippen molar-refractivity contribution < 1.29 is 4.79 Å². The molecule has 0 aliphatic carbocycles. The maximum atomic E-state index is 11.7. The molecular formula is C22H39NO. The quantitative estimate of drug-likeness (QED) is 0.270. The van der Waals surface area contributed by atoms with Gasteiger partial charge in [-0.2, -0.15) is 0 Å². The van der Waals surface area contributed by atoms with Crippen LogP contribution in [0.3, 0.4) is 0 Å². The van der Waals surface area contributed by atoms with E-state index in [1.54, 1.807) is 0 Å². The molecule has 0 bridgehead atoms. The molecule has 0 aliphatic heterocycles. The van der Waals surface area contributed by atoms with Crippen LogP contribution in [0.4, 0.5) is 0 Å². The van der Waals surface area contributed by atoms with Crippen LogP contribution in [0.5, 0.6) is 0 Å². The Morgan fingerprint density at radius 3 is 1.88 bits per heavy atom. The number of carbonyl (C=O) groups is 1. The zero-order chi connectivity index (χ0) is 18.1. The van der Waals surface area contributed by atoms with E-state index in [-0.39, 0.29) is 11.3 Å². The van der Waals surface area contributed by atoms with Crippen molar-refractivity contribution >= 4 is 5.91 Å². The highest BCUT2D eigenvalue weighted by Gasteiger charge is 2.31. The lowest BCUT2D eigenvalue weighted by molar-refractivity contribution is -0.128. The third-order valence-corrected chi connectivity index (χ3v) is 4.93. The summed E-state index contributed by atoms with van der Waals surface area (Å²) in [6.45, 7) is 6.31. The first-order chi connectivity index (χ1) is 11.6. The summed E-state index contributed by atoms with van der Waals surface area (Å²) in [6, 6.07) is 0. The zero-order valence-corrected chi connectivity index (χ0v) is 16.2. The first-order valence-electron chi connectivity index (χ1n) is 9.87. The molecule has 0 aromatic rings. The van der Waals surface area contributed by atoms with Gasteiger partial charge in [0.2, 0.25) is 5.91 Å². The number of nitrogens with two attached hydrogens (primary N) is 1. The van der Waals surface area contributed by atoms with Crippen molar-refractivity contribution in [2.24, 2.45) is 11.1 Å². The maximum absolute atomic E-state index is 11.7. The molecule has 0 spiro atoms. The molecule has 2 nitrogen and oxygen atoms in total. The largest absolute Gasteiger partial charge is 0.369 e. The molecule has 0 fully saturated rings. The van der Waals surface area contributed by atoms with Gasteiger partial charge in [0, 0.05) is 5.41 Å². The zero-order valence-electron chi connectivity index (χ0n) is 16.2. The summed E-state index contributed by atoms with van der Waals surface area (Å²) in [7, 11) is 0. The Morgan fingerprint density at radius 1 is 0.792 bits per heavy atom. The summed E-state index contributed by atoms with van der Waals surface area (Å²) >= 11 is 0. The summed E-state index contributed by atoms with van der Waals surface area (Å²) in [5.41, 5.74) is 5.32. The summed E-state index contributed by atoms with van der Waals surface area (Å²) in [6.07, 6.45) is 25.2. The van der Waals surface area contributed by atoms with Crippen molar-refractivity contribution in [3.8, 4) is 0 Å². The Kier molecular flexibility index (Phi) is 14.4. The predicted octanol–water partition coefficient (Wildman–Crippen LogP) is 6.48. The van der Waals surface area contributed by atoms with Crippen LogP contribution in [-0.2, 0) is 4.79 Å². The Hall–Kier alpha value is -1.31. The Morgan fingerprint density at radius 2 is 1.33 bits per heavy atom. The van der Waals surface area contributed by atoms with Crippen LogP contribution in [0.25, 0.3) is 0 Å². The van der Waals surface area contributed by atoms with E-state index >= 15 is 0 Å². The fraction of sp³-hybridized carbons (Fsp3) is 0.682. The monoisotopic (exact) mass is 333 g/mol. The SMILES string of the molecule is CC/C=C\C/C=C\C/C=C\CCCCCCC(CC)(CC)C(N)=O. The number of hydrogen-bond donors (Lipinski definition) is 1. The van der Waals surface area contributed by atoms with Crippen LogP contribution in [-0.4, -0.2) is 5.91 Å². The van der Waals surface area contributed by atoms with Crippen LogP contribution in [0.15, 0.2) is 36.5 Å². The van der Waals surface area contributed by atoms with Crippen molar-refractivity contribution in [2.75, 3.05) is 0 Å². The van der Waals surface area contributed by atoms with Gasteiger partial charge in [-0.25, -0.2) is 0 Å². The fourth-order valence-electron chi connectivity index (χ4n) is 2.98. The summed E-state index contributed by atoms with van der Waals surface area (Å²) < 4.78 is 0. The Labute approximate surface area is 150 Å². The Balaban J connectivity index is 3.65. The lowest BCUT2D eigenvalue weighted by atomic mass is 9.77. The second-order valence-corrected chi connectivity index (χ2v) is 6.60. The summed E-state index contributed by atoms with van der Waals surface area (Å²) in [4.78, 5) is 11.7.